The van der Waals surface area contributed by atoms with Gasteiger partial charge in [0.1, 0.15) is 0 Å². The first-order valence-electron chi connectivity index (χ1n) is 5.06. The second-order valence-electron chi connectivity index (χ2n) is 3.73. The van der Waals surface area contributed by atoms with Crippen molar-refractivity contribution in [1.82, 2.24) is 9.78 Å². The molecule has 0 spiro atoms. The van der Waals surface area contributed by atoms with E-state index in [9.17, 15) is 9.59 Å². The number of fused-ring (bicyclic) bond motifs is 1. The number of carbonyl (C=O) groups is 1. The number of ether oxygens (including phenoxy) is 1. The van der Waals surface area contributed by atoms with Gasteiger partial charge in [0.25, 0.3) is 0 Å². The molecule has 2 heterocycles. The van der Waals surface area contributed by atoms with Gasteiger partial charge in [-0.05, 0) is 12.5 Å². The highest BCUT2D eigenvalue weighted by atomic mass is 16.5. The number of aryl methyl sites for hydroxylation is 2. The zero-order valence-corrected chi connectivity index (χ0v) is 9.81. The first kappa shape index (κ1) is 11.4. The fraction of sp³-hybridized carbons (Fsp3) is 0.364. The maximum absolute atomic E-state index is 11.4. The molecule has 2 rings (SSSR count). The van der Waals surface area contributed by atoms with E-state index < -0.39 is 11.6 Å². The SMILES string of the molecule is COC(=O)Cc1cc(=O)oc2c1c(C)nn2C. The van der Waals surface area contributed by atoms with Crippen LogP contribution >= 0.6 is 0 Å². The Balaban J connectivity index is 2.69. The Hall–Kier alpha value is -2.11. The molecule has 17 heavy (non-hydrogen) atoms. The molecule has 0 N–H and O–H groups in total. The summed E-state index contributed by atoms with van der Waals surface area (Å²) in [7, 11) is 2.99. The van der Waals surface area contributed by atoms with E-state index in [4.69, 9.17) is 4.42 Å². The number of hydrogen-bond donors (Lipinski definition) is 0. The molecule has 0 bridgehead atoms. The average Bonchev–Trinajstić information content (AvgIpc) is 2.54. The van der Waals surface area contributed by atoms with E-state index in [0.29, 0.717) is 22.4 Å². The summed E-state index contributed by atoms with van der Waals surface area (Å²) in [6.45, 7) is 1.79. The maximum atomic E-state index is 11.4. The minimum absolute atomic E-state index is 0.0329. The summed E-state index contributed by atoms with van der Waals surface area (Å²) in [6, 6.07) is 1.30. The second-order valence-corrected chi connectivity index (χ2v) is 3.73. The smallest absolute Gasteiger partial charge is 0.337 e. The first-order valence-corrected chi connectivity index (χ1v) is 5.06. The third-order valence-corrected chi connectivity index (χ3v) is 2.54. The molecule has 0 atom stereocenters. The zero-order chi connectivity index (χ0) is 12.6. The Morgan fingerprint density at radius 1 is 1.59 bits per heavy atom. The lowest BCUT2D eigenvalue weighted by Crippen LogP contribution is -2.08. The molecular weight excluding hydrogens is 224 g/mol. The van der Waals surface area contributed by atoms with Crippen LogP contribution in [0.1, 0.15) is 11.3 Å². The summed E-state index contributed by atoms with van der Waals surface area (Å²) in [4.78, 5) is 22.6. The van der Waals surface area contributed by atoms with E-state index in [1.165, 1.54) is 17.9 Å². The van der Waals surface area contributed by atoms with Crippen molar-refractivity contribution in [2.24, 2.45) is 7.05 Å². The normalized spacial score (nSPS) is 10.8. The van der Waals surface area contributed by atoms with Crippen LogP contribution in [0, 0.1) is 6.92 Å². The van der Waals surface area contributed by atoms with E-state index in [0.717, 1.165) is 0 Å². The summed E-state index contributed by atoms with van der Waals surface area (Å²) in [5.41, 5.74) is 1.16. The van der Waals surface area contributed by atoms with Crippen LogP contribution in [0.25, 0.3) is 11.1 Å². The van der Waals surface area contributed by atoms with Crippen LogP contribution in [-0.4, -0.2) is 22.9 Å². The van der Waals surface area contributed by atoms with Crippen LogP contribution in [0.3, 0.4) is 0 Å². The van der Waals surface area contributed by atoms with Crippen molar-refractivity contribution in [3.05, 3.63) is 27.7 Å². The van der Waals surface area contributed by atoms with E-state index >= 15 is 0 Å². The molecule has 0 fully saturated rings. The average molecular weight is 236 g/mol. The lowest BCUT2D eigenvalue weighted by Gasteiger charge is -2.01. The number of aromatic nitrogens is 2. The quantitative estimate of drug-likeness (QED) is 0.712. The highest BCUT2D eigenvalue weighted by Gasteiger charge is 2.16. The summed E-state index contributed by atoms with van der Waals surface area (Å²) in [5.74, 6) is -0.403. The summed E-state index contributed by atoms with van der Waals surface area (Å²) < 4.78 is 11.1. The van der Waals surface area contributed by atoms with Crippen LogP contribution in [0.2, 0.25) is 0 Å². The van der Waals surface area contributed by atoms with E-state index in [-0.39, 0.29) is 6.42 Å². The largest absolute Gasteiger partial charge is 0.469 e. The monoisotopic (exact) mass is 236 g/mol. The molecule has 90 valence electrons. The van der Waals surface area contributed by atoms with Crippen molar-refractivity contribution in [1.29, 1.82) is 0 Å². The van der Waals surface area contributed by atoms with Gasteiger partial charge in [0.2, 0.25) is 5.71 Å². The molecule has 2 aromatic rings. The third-order valence-electron chi connectivity index (χ3n) is 2.54. The van der Waals surface area contributed by atoms with Gasteiger partial charge in [-0.1, -0.05) is 0 Å². The Bertz CT molecular complexity index is 639. The number of carbonyl (C=O) groups excluding carboxylic acids is 1. The molecule has 0 aliphatic carbocycles. The molecule has 0 amide bonds. The molecule has 0 aliphatic rings. The van der Waals surface area contributed by atoms with Crippen molar-refractivity contribution in [3.8, 4) is 0 Å². The molecule has 6 nitrogen and oxygen atoms in total. The van der Waals surface area contributed by atoms with E-state index in [1.54, 1.807) is 14.0 Å². The topological polar surface area (TPSA) is 74.3 Å². The Morgan fingerprint density at radius 3 is 2.94 bits per heavy atom. The van der Waals surface area contributed by atoms with E-state index in [2.05, 4.69) is 9.84 Å². The van der Waals surface area contributed by atoms with Crippen molar-refractivity contribution < 1.29 is 13.9 Å². The van der Waals surface area contributed by atoms with Gasteiger partial charge in [-0.25, -0.2) is 9.48 Å². The Labute approximate surface area is 96.8 Å². The molecule has 0 saturated carbocycles. The highest BCUT2D eigenvalue weighted by molar-refractivity contribution is 5.85. The lowest BCUT2D eigenvalue weighted by atomic mass is 10.1. The standard InChI is InChI=1S/C11H12N2O4/c1-6-10-7(4-8(14)16-3)5-9(15)17-11(10)13(2)12-6/h5H,4H2,1-3H3. The molecule has 2 aromatic heterocycles. The van der Waals surface area contributed by atoms with Crippen molar-refractivity contribution in [2.45, 2.75) is 13.3 Å². The summed E-state index contributed by atoms with van der Waals surface area (Å²) >= 11 is 0. The molecule has 0 aliphatic heterocycles. The minimum atomic E-state index is -0.501. The highest BCUT2D eigenvalue weighted by Crippen LogP contribution is 2.20. The lowest BCUT2D eigenvalue weighted by molar-refractivity contribution is -0.139. The van der Waals surface area contributed by atoms with Gasteiger partial charge in [-0.15, -0.1) is 0 Å². The van der Waals surface area contributed by atoms with Crippen molar-refractivity contribution in [2.75, 3.05) is 7.11 Å². The zero-order valence-electron chi connectivity index (χ0n) is 9.81. The van der Waals surface area contributed by atoms with Gasteiger partial charge in [0, 0.05) is 13.1 Å². The number of esters is 1. The number of nitrogens with zero attached hydrogens (tertiary/aromatic N) is 2. The number of methoxy groups -OCH3 is 1. The molecule has 0 unspecified atom stereocenters. The fourth-order valence-corrected chi connectivity index (χ4v) is 1.83. The van der Waals surface area contributed by atoms with Gasteiger partial charge < -0.3 is 9.15 Å². The predicted octanol–water partition coefficient (Wildman–Crippen LogP) is 0.550. The molecule has 0 saturated heterocycles. The van der Waals surface area contributed by atoms with Crippen LogP contribution < -0.4 is 5.63 Å². The molecule has 0 radical (unpaired) electrons. The molecular formula is C11H12N2O4. The number of hydrogen-bond acceptors (Lipinski definition) is 5. The van der Waals surface area contributed by atoms with E-state index in [1.807, 2.05) is 0 Å². The van der Waals surface area contributed by atoms with Crippen LogP contribution in [-0.2, 0) is 23.0 Å². The fourth-order valence-electron chi connectivity index (χ4n) is 1.83. The first-order chi connectivity index (χ1) is 8.02. The van der Waals surface area contributed by atoms with Gasteiger partial charge in [0.05, 0.1) is 24.6 Å². The van der Waals surface area contributed by atoms with Gasteiger partial charge >= 0.3 is 11.6 Å². The van der Waals surface area contributed by atoms with Gasteiger partial charge in [0.15, 0.2) is 0 Å². The summed E-state index contributed by atoms with van der Waals surface area (Å²) in [5, 5.41) is 4.85. The van der Waals surface area contributed by atoms with Crippen LogP contribution in [0.4, 0.5) is 0 Å². The summed E-state index contributed by atoms with van der Waals surface area (Å²) in [6.07, 6.45) is 0.0329. The Morgan fingerprint density at radius 2 is 2.29 bits per heavy atom. The third kappa shape index (κ3) is 1.93. The number of rotatable bonds is 2. The van der Waals surface area contributed by atoms with Gasteiger partial charge in [-0.3, -0.25) is 4.79 Å². The Kier molecular flexibility index (Phi) is 2.71. The molecule has 6 heteroatoms. The predicted molar refractivity (Wildman–Crippen MR) is 59.7 cm³/mol. The second kappa shape index (κ2) is 4.04. The molecule has 0 aromatic carbocycles. The maximum Gasteiger partial charge on any atom is 0.337 e. The van der Waals surface area contributed by atoms with Crippen molar-refractivity contribution in [3.63, 3.8) is 0 Å². The van der Waals surface area contributed by atoms with Gasteiger partial charge in [-0.2, -0.15) is 5.10 Å². The van der Waals surface area contributed by atoms with Crippen LogP contribution in [0.5, 0.6) is 0 Å². The minimum Gasteiger partial charge on any atom is -0.469 e. The van der Waals surface area contributed by atoms with Crippen LogP contribution in [0.15, 0.2) is 15.3 Å². The van der Waals surface area contributed by atoms with Crippen molar-refractivity contribution >= 4 is 17.1 Å².